The molecule has 2 amide bonds. The van der Waals surface area contributed by atoms with Gasteiger partial charge in [-0.3, -0.25) is 0 Å². The van der Waals surface area contributed by atoms with Gasteiger partial charge in [0.15, 0.2) is 0 Å². The van der Waals surface area contributed by atoms with Gasteiger partial charge in [-0.15, -0.1) is 0 Å². The first-order valence-electron chi connectivity index (χ1n) is 6.43. The first kappa shape index (κ1) is 14.5. The van der Waals surface area contributed by atoms with E-state index in [-0.39, 0.29) is 18.4 Å². The number of carbonyl (C=O) groups is 1. The molecule has 4 nitrogen and oxygen atoms in total. The largest absolute Gasteiger partial charge is 0.334 e. The standard InChI is InChI=1S/C16H14FN3O/c17-15-7-2-1-6-14(15)11-20-16(21)19-10-13-5-3-4-12(8-13)9-18/h1-8H,10-11H2,(H2,19,20,21). The quantitative estimate of drug-likeness (QED) is 0.906. The molecule has 0 saturated heterocycles. The molecule has 0 heterocycles. The lowest BCUT2D eigenvalue weighted by Crippen LogP contribution is -2.34. The second-order valence-corrected chi connectivity index (χ2v) is 4.44. The van der Waals surface area contributed by atoms with Gasteiger partial charge in [0.05, 0.1) is 11.6 Å². The number of urea groups is 1. The maximum Gasteiger partial charge on any atom is 0.315 e. The lowest BCUT2D eigenvalue weighted by molar-refractivity contribution is 0.240. The highest BCUT2D eigenvalue weighted by molar-refractivity contribution is 5.73. The van der Waals surface area contributed by atoms with Crippen LogP contribution in [-0.2, 0) is 13.1 Å². The highest BCUT2D eigenvalue weighted by Gasteiger charge is 2.04. The van der Waals surface area contributed by atoms with E-state index in [2.05, 4.69) is 10.6 Å². The van der Waals surface area contributed by atoms with Crippen molar-refractivity contribution in [2.24, 2.45) is 0 Å². The number of amides is 2. The van der Waals surface area contributed by atoms with Crippen LogP contribution < -0.4 is 10.6 Å². The maximum absolute atomic E-state index is 13.4. The lowest BCUT2D eigenvalue weighted by Gasteiger charge is -2.08. The summed E-state index contributed by atoms with van der Waals surface area (Å²) in [5.74, 6) is -0.348. The summed E-state index contributed by atoms with van der Waals surface area (Å²) in [4.78, 5) is 11.6. The Bertz CT molecular complexity index is 679. The van der Waals surface area contributed by atoms with Crippen molar-refractivity contribution in [2.45, 2.75) is 13.1 Å². The van der Waals surface area contributed by atoms with Crippen LogP contribution in [0, 0.1) is 17.1 Å². The van der Waals surface area contributed by atoms with Crippen LogP contribution in [0.25, 0.3) is 0 Å². The third-order valence-electron chi connectivity index (χ3n) is 2.91. The number of carbonyl (C=O) groups excluding carboxylic acids is 1. The van der Waals surface area contributed by atoms with Crippen LogP contribution in [0.4, 0.5) is 9.18 Å². The Morgan fingerprint density at radius 2 is 1.86 bits per heavy atom. The predicted octanol–water partition coefficient (Wildman–Crippen LogP) is 2.70. The predicted molar refractivity (Wildman–Crippen MR) is 76.6 cm³/mol. The number of hydrogen-bond donors (Lipinski definition) is 2. The molecular weight excluding hydrogens is 269 g/mol. The van der Waals surface area contributed by atoms with Gasteiger partial charge in [0.2, 0.25) is 0 Å². The van der Waals surface area contributed by atoms with Crippen molar-refractivity contribution in [1.29, 1.82) is 5.26 Å². The van der Waals surface area contributed by atoms with E-state index in [1.54, 1.807) is 36.4 Å². The number of benzene rings is 2. The van der Waals surface area contributed by atoms with Crippen molar-refractivity contribution in [1.82, 2.24) is 10.6 Å². The van der Waals surface area contributed by atoms with Gasteiger partial charge in [0.25, 0.3) is 0 Å². The second kappa shape index (κ2) is 7.06. The third kappa shape index (κ3) is 4.32. The third-order valence-corrected chi connectivity index (χ3v) is 2.91. The highest BCUT2D eigenvalue weighted by Crippen LogP contribution is 2.06. The minimum absolute atomic E-state index is 0.122. The lowest BCUT2D eigenvalue weighted by atomic mass is 10.1. The Morgan fingerprint density at radius 1 is 1.10 bits per heavy atom. The van der Waals surface area contributed by atoms with E-state index in [1.165, 1.54) is 6.07 Å². The van der Waals surface area contributed by atoms with Gasteiger partial charge in [-0.1, -0.05) is 30.3 Å². The van der Waals surface area contributed by atoms with Crippen molar-refractivity contribution in [3.05, 3.63) is 71.0 Å². The summed E-state index contributed by atoms with van der Waals surface area (Å²) in [6, 6.07) is 14.9. The molecule has 0 unspecified atom stereocenters. The fourth-order valence-electron chi connectivity index (χ4n) is 1.81. The molecule has 106 valence electrons. The molecule has 0 aliphatic rings. The first-order chi connectivity index (χ1) is 10.2. The summed E-state index contributed by atoms with van der Waals surface area (Å²) in [6.07, 6.45) is 0. The average molecular weight is 283 g/mol. The summed E-state index contributed by atoms with van der Waals surface area (Å²) in [7, 11) is 0. The van der Waals surface area contributed by atoms with Gasteiger partial charge < -0.3 is 10.6 Å². The number of nitriles is 1. The number of hydrogen-bond acceptors (Lipinski definition) is 2. The van der Waals surface area contributed by atoms with Crippen LogP contribution in [0.3, 0.4) is 0 Å². The van der Waals surface area contributed by atoms with Crippen LogP contribution in [-0.4, -0.2) is 6.03 Å². The fourth-order valence-corrected chi connectivity index (χ4v) is 1.81. The topological polar surface area (TPSA) is 64.9 Å². The van der Waals surface area contributed by atoms with Crippen LogP contribution in [0.5, 0.6) is 0 Å². The van der Waals surface area contributed by atoms with E-state index in [4.69, 9.17) is 5.26 Å². The number of halogens is 1. The second-order valence-electron chi connectivity index (χ2n) is 4.44. The molecule has 2 aromatic carbocycles. The van der Waals surface area contributed by atoms with Crippen molar-refractivity contribution in [3.63, 3.8) is 0 Å². The minimum atomic E-state index is -0.388. The Hall–Kier alpha value is -2.87. The Morgan fingerprint density at radius 3 is 2.62 bits per heavy atom. The minimum Gasteiger partial charge on any atom is -0.334 e. The first-order valence-corrected chi connectivity index (χ1v) is 6.43. The molecule has 0 aromatic heterocycles. The zero-order valence-electron chi connectivity index (χ0n) is 11.3. The molecule has 2 rings (SSSR count). The summed E-state index contributed by atoms with van der Waals surface area (Å²) < 4.78 is 13.4. The molecule has 2 N–H and O–H groups in total. The van der Waals surface area contributed by atoms with Gasteiger partial charge in [-0.2, -0.15) is 5.26 Å². The number of nitrogens with zero attached hydrogens (tertiary/aromatic N) is 1. The zero-order valence-corrected chi connectivity index (χ0v) is 11.3. The van der Waals surface area contributed by atoms with Gasteiger partial charge in [-0.25, -0.2) is 9.18 Å². The molecule has 2 aromatic rings. The molecule has 0 radical (unpaired) electrons. The molecule has 0 aliphatic carbocycles. The Kier molecular flexibility index (Phi) is 4.89. The van der Waals surface area contributed by atoms with Gasteiger partial charge in [0.1, 0.15) is 5.82 Å². The van der Waals surface area contributed by atoms with Crippen LogP contribution in [0.1, 0.15) is 16.7 Å². The van der Waals surface area contributed by atoms with Gasteiger partial charge >= 0.3 is 6.03 Å². The molecule has 0 aliphatic heterocycles. The summed E-state index contributed by atoms with van der Waals surface area (Å²) >= 11 is 0. The van der Waals surface area contributed by atoms with Crippen molar-refractivity contribution < 1.29 is 9.18 Å². The van der Waals surface area contributed by atoms with E-state index in [0.29, 0.717) is 17.7 Å². The molecule has 0 saturated carbocycles. The zero-order chi connectivity index (χ0) is 15.1. The molecule has 0 fully saturated rings. The molecule has 0 bridgehead atoms. The van der Waals surface area contributed by atoms with Crippen LogP contribution >= 0.6 is 0 Å². The van der Waals surface area contributed by atoms with E-state index in [0.717, 1.165) is 5.56 Å². The monoisotopic (exact) mass is 283 g/mol. The van der Waals surface area contributed by atoms with Crippen molar-refractivity contribution >= 4 is 6.03 Å². The smallest absolute Gasteiger partial charge is 0.315 e. The normalized spacial score (nSPS) is 9.71. The van der Waals surface area contributed by atoms with Crippen molar-refractivity contribution in [2.75, 3.05) is 0 Å². The summed E-state index contributed by atoms with van der Waals surface area (Å²) in [6.45, 7) is 0.426. The molecular formula is C16H14FN3O. The van der Waals surface area contributed by atoms with Gasteiger partial charge in [-0.05, 0) is 23.8 Å². The van der Waals surface area contributed by atoms with E-state index >= 15 is 0 Å². The van der Waals surface area contributed by atoms with Crippen LogP contribution in [0.15, 0.2) is 48.5 Å². The maximum atomic E-state index is 13.4. The summed E-state index contributed by atoms with van der Waals surface area (Å²) in [5.41, 5.74) is 1.80. The average Bonchev–Trinajstić information content (AvgIpc) is 2.52. The van der Waals surface area contributed by atoms with Crippen molar-refractivity contribution in [3.8, 4) is 6.07 Å². The van der Waals surface area contributed by atoms with Crippen LogP contribution in [0.2, 0.25) is 0 Å². The molecule has 0 spiro atoms. The van der Waals surface area contributed by atoms with E-state index in [9.17, 15) is 9.18 Å². The number of nitrogens with one attached hydrogen (secondary N) is 2. The molecule has 0 atom stereocenters. The number of rotatable bonds is 4. The molecule has 21 heavy (non-hydrogen) atoms. The van der Waals surface area contributed by atoms with E-state index in [1.807, 2.05) is 12.1 Å². The van der Waals surface area contributed by atoms with E-state index < -0.39 is 0 Å². The molecule has 5 heteroatoms. The Balaban J connectivity index is 1.82. The SMILES string of the molecule is N#Cc1cccc(CNC(=O)NCc2ccccc2F)c1. The Labute approximate surface area is 122 Å². The summed E-state index contributed by atoms with van der Waals surface area (Å²) in [5, 5.41) is 14.0. The highest BCUT2D eigenvalue weighted by atomic mass is 19.1. The van der Waals surface area contributed by atoms with Gasteiger partial charge in [0, 0.05) is 18.7 Å². The fraction of sp³-hybridized carbons (Fsp3) is 0.125.